The van der Waals surface area contributed by atoms with Crippen molar-refractivity contribution < 1.29 is 27.1 Å². The molecule has 0 aliphatic carbocycles. The van der Waals surface area contributed by atoms with Crippen molar-refractivity contribution in [3.8, 4) is 0 Å². The lowest BCUT2D eigenvalue weighted by molar-refractivity contribution is 0.103. The Morgan fingerprint density at radius 2 is 2.00 bits per heavy atom. The maximum atomic E-state index is 14.7. The van der Waals surface area contributed by atoms with Gasteiger partial charge in [-0.25, -0.2) is 17.7 Å². The van der Waals surface area contributed by atoms with Crippen molar-refractivity contribution in [1.29, 1.82) is 0 Å². The number of fused-ring (bicyclic) bond motifs is 1. The highest BCUT2D eigenvalue weighted by Crippen LogP contribution is 2.30. The predicted octanol–water partition coefficient (Wildman–Crippen LogP) is 3.89. The van der Waals surface area contributed by atoms with Crippen LogP contribution in [0.1, 0.15) is 27.9 Å². The first-order valence-electron chi connectivity index (χ1n) is 10.6. The van der Waals surface area contributed by atoms with Crippen molar-refractivity contribution >= 4 is 45.2 Å². The molecule has 1 fully saturated rings. The molecule has 4 rings (SSSR count). The van der Waals surface area contributed by atoms with E-state index in [4.69, 9.17) is 20.9 Å². The number of nitrogens with one attached hydrogen (secondary N) is 1. The summed E-state index contributed by atoms with van der Waals surface area (Å²) in [6.07, 6.45) is 2.27. The van der Waals surface area contributed by atoms with E-state index in [2.05, 4.69) is 14.6 Å². The van der Waals surface area contributed by atoms with Gasteiger partial charge in [0.05, 0.1) is 41.2 Å². The molecule has 1 unspecified atom stereocenters. The van der Waals surface area contributed by atoms with Crippen LogP contribution in [0.15, 0.2) is 36.5 Å². The van der Waals surface area contributed by atoms with Crippen LogP contribution in [0.4, 0.5) is 14.5 Å². The lowest BCUT2D eigenvalue weighted by Gasteiger charge is -2.28. The van der Waals surface area contributed by atoms with E-state index in [0.717, 1.165) is 24.8 Å². The van der Waals surface area contributed by atoms with Gasteiger partial charge in [0.15, 0.2) is 17.4 Å². The van der Waals surface area contributed by atoms with Crippen LogP contribution >= 0.6 is 11.6 Å². The van der Waals surface area contributed by atoms with Crippen molar-refractivity contribution in [3.63, 3.8) is 0 Å². The van der Waals surface area contributed by atoms with Crippen molar-refractivity contribution in [2.45, 2.75) is 12.8 Å². The van der Waals surface area contributed by atoms with Crippen LogP contribution in [-0.2, 0) is 22.4 Å². The van der Waals surface area contributed by atoms with Gasteiger partial charge in [0.1, 0.15) is 0 Å². The van der Waals surface area contributed by atoms with E-state index in [-0.39, 0.29) is 29.1 Å². The quantitative estimate of drug-likeness (QED) is 0.207. The smallest absolute Gasteiger partial charge is 0.231 e. The molecule has 2 N–H and O–H groups in total. The molecule has 1 aliphatic rings. The zero-order valence-corrected chi connectivity index (χ0v) is 19.6. The normalized spacial score (nSPS) is 15.0. The second-order valence-electron chi connectivity index (χ2n) is 7.80. The Bertz CT molecular complexity index is 1250. The number of nitrogens with zero attached hydrogens (tertiary/aromatic N) is 2. The molecule has 1 aromatic heterocycles. The highest BCUT2D eigenvalue weighted by Gasteiger charge is 2.24. The number of aryl methyl sites for hydroxylation is 1. The molecule has 0 spiro atoms. The number of rotatable bonds is 8. The minimum atomic E-state index is -2.17. The number of carbonyl (C=O) groups is 1. The SMILES string of the molecule is O=C(c1ccc2ncc(N3CCOCC3)cc2c1)c1c(F)c(F)cc(CCCNS(=O)O)c1Cl. The minimum Gasteiger partial charge on any atom is -0.378 e. The number of ether oxygens (including phenoxy) is 1. The first kappa shape index (κ1) is 24.6. The van der Waals surface area contributed by atoms with Crippen LogP contribution in [0.5, 0.6) is 0 Å². The van der Waals surface area contributed by atoms with Gasteiger partial charge in [-0.3, -0.25) is 14.3 Å². The number of aromatic nitrogens is 1. The van der Waals surface area contributed by atoms with E-state index in [0.29, 0.717) is 30.5 Å². The topological polar surface area (TPSA) is 91.8 Å². The molecule has 0 bridgehead atoms. The zero-order chi connectivity index (χ0) is 24.2. The van der Waals surface area contributed by atoms with Crippen LogP contribution in [0, 0.1) is 11.6 Å². The van der Waals surface area contributed by atoms with Gasteiger partial charge in [0, 0.05) is 30.6 Å². The third-order valence-electron chi connectivity index (χ3n) is 5.61. The molecule has 0 amide bonds. The Morgan fingerprint density at radius 3 is 2.74 bits per heavy atom. The minimum absolute atomic E-state index is 0.156. The monoisotopic (exact) mass is 509 g/mol. The average molecular weight is 510 g/mol. The number of benzene rings is 2. The van der Waals surface area contributed by atoms with Crippen molar-refractivity contribution in [2.24, 2.45) is 0 Å². The molecule has 0 radical (unpaired) electrons. The molecule has 7 nitrogen and oxygen atoms in total. The summed E-state index contributed by atoms with van der Waals surface area (Å²) >= 11 is 4.15. The molecule has 2 aromatic carbocycles. The lowest BCUT2D eigenvalue weighted by atomic mass is 9.97. The first-order chi connectivity index (χ1) is 16.3. The highest BCUT2D eigenvalue weighted by atomic mass is 35.5. The van der Waals surface area contributed by atoms with E-state index >= 15 is 0 Å². The standard InChI is InChI=1S/C23H22ClF2N3O4S/c24-21-14(2-1-5-28-34(31)32)12-18(25)22(26)20(21)23(30)15-3-4-19-16(10-15)11-17(13-27-19)29-6-8-33-9-7-29/h3-4,10-13,28H,1-2,5-9H2,(H,31,32). The molecule has 3 aromatic rings. The molecule has 34 heavy (non-hydrogen) atoms. The van der Waals surface area contributed by atoms with E-state index in [1.807, 2.05) is 6.07 Å². The zero-order valence-electron chi connectivity index (χ0n) is 18.0. The van der Waals surface area contributed by atoms with E-state index < -0.39 is 34.2 Å². The fourth-order valence-electron chi connectivity index (χ4n) is 3.88. The second kappa shape index (κ2) is 10.8. The Hall–Kier alpha value is -2.50. The third kappa shape index (κ3) is 5.42. The number of morpholine rings is 1. The van der Waals surface area contributed by atoms with Crippen molar-refractivity contribution in [1.82, 2.24) is 9.71 Å². The van der Waals surface area contributed by atoms with Gasteiger partial charge >= 0.3 is 0 Å². The summed E-state index contributed by atoms with van der Waals surface area (Å²) in [7, 11) is 0. The molecule has 1 saturated heterocycles. The predicted molar refractivity (Wildman–Crippen MR) is 127 cm³/mol. The Morgan fingerprint density at radius 1 is 1.24 bits per heavy atom. The number of hydrogen-bond donors (Lipinski definition) is 2. The summed E-state index contributed by atoms with van der Waals surface area (Å²) in [6.45, 7) is 2.84. The largest absolute Gasteiger partial charge is 0.378 e. The Kier molecular flexibility index (Phi) is 7.84. The molecule has 180 valence electrons. The number of ketones is 1. The van der Waals surface area contributed by atoms with E-state index in [1.165, 1.54) is 6.07 Å². The van der Waals surface area contributed by atoms with E-state index in [1.54, 1.807) is 18.3 Å². The highest BCUT2D eigenvalue weighted by molar-refractivity contribution is 7.77. The fourth-order valence-corrected chi connectivity index (χ4v) is 4.51. The van der Waals surface area contributed by atoms with Gasteiger partial charge in [-0.15, -0.1) is 0 Å². The van der Waals surface area contributed by atoms with Gasteiger partial charge in [-0.2, -0.15) is 0 Å². The summed E-state index contributed by atoms with van der Waals surface area (Å²) in [5.41, 5.74) is 1.41. The molecule has 1 aliphatic heterocycles. The number of hydrogen-bond acceptors (Lipinski definition) is 5. The van der Waals surface area contributed by atoms with Gasteiger partial charge in [-0.05, 0) is 48.7 Å². The molecule has 11 heteroatoms. The maximum absolute atomic E-state index is 14.7. The summed E-state index contributed by atoms with van der Waals surface area (Å²) in [6, 6.07) is 7.60. The second-order valence-corrected chi connectivity index (χ2v) is 8.96. The number of halogens is 3. The fraction of sp³-hybridized carbons (Fsp3) is 0.304. The van der Waals surface area contributed by atoms with Gasteiger partial charge in [0.25, 0.3) is 0 Å². The van der Waals surface area contributed by atoms with Crippen LogP contribution in [-0.4, -0.2) is 52.4 Å². The summed E-state index contributed by atoms with van der Waals surface area (Å²) < 4.78 is 56.2. The third-order valence-corrected chi connectivity index (χ3v) is 6.50. The number of anilines is 1. The van der Waals surface area contributed by atoms with Gasteiger partial charge in [0.2, 0.25) is 11.3 Å². The molecule has 2 heterocycles. The maximum Gasteiger partial charge on any atom is 0.231 e. The van der Waals surface area contributed by atoms with Crippen LogP contribution in [0.2, 0.25) is 5.02 Å². The summed E-state index contributed by atoms with van der Waals surface area (Å²) in [5, 5.41) is 0.514. The van der Waals surface area contributed by atoms with Crippen LogP contribution < -0.4 is 9.62 Å². The van der Waals surface area contributed by atoms with Gasteiger partial charge in [-0.1, -0.05) is 11.6 Å². The Labute approximate surface area is 202 Å². The van der Waals surface area contributed by atoms with Gasteiger partial charge < -0.3 is 9.64 Å². The molecule has 0 saturated carbocycles. The lowest BCUT2D eigenvalue weighted by Crippen LogP contribution is -2.36. The van der Waals surface area contributed by atoms with Crippen LogP contribution in [0.25, 0.3) is 10.9 Å². The first-order valence-corrected chi connectivity index (χ1v) is 12.1. The Balaban J connectivity index is 1.64. The number of pyridine rings is 1. The van der Waals surface area contributed by atoms with E-state index in [9.17, 15) is 17.8 Å². The molecular formula is C23H22ClF2N3O4S. The number of carbonyl (C=O) groups excluding carboxylic acids is 1. The average Bonchev–Trinajstić information content (AvgIpc) is 2.84. The molecular weight excluding hydrogens is 488 g/mol. The summed E-state index contributed by atoms with van der Waals surface area (Å²) in [5.74, 6) is -3.23. The van der Waals surface area contributed by atoms with Crippen LogP contribution in [0.3, 0.4) is 0 Å². The van der Waals surface area contributed by atoms with Crippen molar-refractivity contribution in [2.75, 3.05) is 37.7 Å². The summed E-state index contributed by atoms with van der Waals surface area (Å²) in [4.78, 5) is 19.8. The molecule has 1 atom stereocenters. The van der Waals surface area contributed by atoms with Crippen molar-refractivity contribution in [3.05, 3.63) is 69.9 Å².